The molecule has 0 amide bonds. The Labute approximate surface area is 130 Å². The summed E-state index contributed by atoms with van der Waals surface area (Å²) >= 11 is 0. The van der Waals surface area contributed by atoms with Crippen molar-refractivity contribution in [3.05, 3.63) is 48.7 Å². The van der Waals surface area contributed by atoms with E-state index in [9.17, 15) is 8.78 Å². The number of methoxy groups -OCH3 is 1. The monoisotopic (exact) mass is 317 g/mol. The van der Waals surface area contributed by atoms with Crippen LogP contribution in [0.5, 0.6) is 11.6 Å². The Morgan fingerprint density at radius 3 is 2.65 bits per heavy atom. The molecule has 118 valence electrons. The molecule has 0 radical (unpaired) electrons. The number of rotatable bonds is 5. The molecule has 23 heavy (non-hydrogen) atoms. The van der Waals surface area contributed by atoms with Crippen molar-refractivity contribution in [2.24, 2.45) is 0 Å². The summed E-state index contributed by atoms with van der Waals surface area (Å²) in [5, 5.41) is 3.82. The van der Waals surface area contributed by atoms with Gasteiger partial charge in [-0.3, -0.25) is 0 Å². The number of fused-ring (bicyclic) bond motifs is 1. The molecule has 3 rings (SSSR count). The normalized spacial score (nSPS) is 10.8. The molecule has 0 aliphatic rings. The highest BCUT2D eigenvalue weighted by molar-refractivity contribution is 5.82. The molecule has 7 heteroatoms. The summed E-state index contributed by atoms with van der Waals surface area (Å²) in [5.74, 6) is 1.25. The zero-order chi connectivity index (χ0) is 16.2. The first kappa shape index (κ1) is 15.0. The quantitative estimate of drug-likeness (QED) is 0.771. The van der Waals surface area contributed by atoms with Crippen molar-refractivity contribution in [1.29, 1.82) is 0 Å². The molecule has 0 aliphatic heterocycles. The van der Waals surface area contributed by atoms with Crippen molar-refractivity contribution >= 4 is 22.4 Å². The first-order valence-electron chi connectivity index (χ1n) is 6.77. The van der Waals surface area contributed by atoms with E-state index in [0.717, 1.165) is 5.69 Å². The first-order chi connectivity index (χ1) is 11.1. The topological polar surface area (TPSA) is 56.3 Å². The summed E-state index contributed by atoms with van der Waals surface area (Å²) in [7, 11) is 1.55. The Morgan fingerprint density at radius 1 is 1.09 bits per heavy atom. The van der Waals surface area contributed by atoms with Crippen LogP contribution < -0.4 is 14.8 Å². The third kappa shape index (κ3) is 3.63. The second kappa shape index (κ2) is 6.43. The number of alkyl halides is 2. The van der Waals surface area contributed by atoms with Gasteiger partial charge in [0.2, 0.25) is 5.88 Å². The molecule has 0 fully saturated rings. The molecule has 0 aliphatic carbocycles. The number of pyridine rings is 2. The molecule has 1 aromatic carbocycles. The Balaban J connectivity index is 1.81. The van der Waals surface area contributed by atoms with Crippen LogP contribution in [0, 0.1) is 0 Å². The predicted octanol–water partition coefficient (Wildman–Crippen LogP) is 3.98. The lowest BCUT2D eigenvalue weighted by Crippen LogP contribution is -2.01. The molecule has 0 spiro atoms. The average molecular weight is 317 g/mol. The Bertz CT molecular complexity index is 810. The number of ether oxygens (including phenoxy) is 2. The Hall–Kier alpha value is -2.96. The largest absolute Gasteiger partial charge is 0.481 e. The molecule has 2 heterocycles. The fraction of sp³-hybridized carbons (Fsp3) is 0.125. The molecule has 0 unspecified atom stereocenters. The van der Waals surface area contributed by atoms with Gasteiger partial charge in [0.05, 0.1) is 24.5 Å². The van der Waals surface area contributed by atoms with Crippen molar-refractivity contribution in [2.45, 2.75) is 6.61 Å². The highest BCUT2D eigenvalue weighted by Gasteiger charge is 2.06. The maximum atomic E-state index is 12.2. The highest BCUT2D eigenvalue weighted by Crippen LogP contribution is 2.24. The van der Waals surface area contributed by atoms with Gasteiger partial charge in [-0.1, -0.05) is 0 Å². The zero-order valence-electron chi connectivity index (χ0n) is 12.2. The van der Waals surface area contributed by atoms with Crippen LogP contribution in [-0.2, 0) is 0 Å². The number of hydrogen-bond acceptors (Lipinski definition) is 5. The van der Waals surface area contributed by atoms with E-state index >= 15 is 0 Å². The van der Waals surface area contributed by atoms with Crippen LogP contribution in [0.15, 0.2) is 48.7 Å². The van der Waals surface area contributed by atoms with Gasteiger partial charge < -0.3 is 14.8 Å². The number of halogens is 2. The van der Waals surface area contributed by atoms with Crippen LogP contribution >= 0.6 is 0 Å². The van der Waals surface area contributed by atoms with Crippen LogP contribution in [-0.4, -0.2) is 23.7 Å². The van der Waals surface area contributed by atoms with E-state index in [1.807, 2.05) is 6.07 Å². The fourth-order valence-electron chi connectivity index (χ4n) is 2.07. The van der Waals surface area contributed by atoms with E-state index in [1.165, 1.54) is 12.1 Å². The third-order valence-corrected chi connectivity index (χ3v) is 3.10. The minimum absolute atomic E-state index is 0.106. The maximum Gasteiger partial charge on any atom is 0.387 e. The second-order valence-corrected chi connectivity index (χ2v) is 4.64. The molecular formula is C16H13F2N3O2. The van der Waals surface area contributed by atoms with Crippen LogP contribution in [0.3, 0.4) is 0 Å². The van der Waals surface area contributed by atoms with Gasteiger partial charge in [-0.05, 0) is 36.4 Å². The Kier molecular flexibility index (Phi) is 4.18. The van der Waals surface area contributed by atoms with E-state index in [4.69, 9.17) is 4.74 Å². The van der Waals surface area contributed by atoms with Crippen LogP contribution in [0.25, 0.3) is 10.9 Å². The van der Waals surface area contributed by atoms with Crippen LogP contribution in [0.2, 0.25) is 0 Å². The van der Waals surface area contributed by atoms with Gasteiger partial charge in [0.25, 0.3) is 0 Å². The molecule has 0 bridgehead atoms. The van der Waals surface area contributed by atoms with Gasteiger partial charge in [0, 0.05) is 11.5 Å². The third-order valence-electron chi connectivity index (χ3n) is 3.10. The van der Waals surface area contributed by atoms with Crippen molar-refractivity contribution in [3.63, 3.8) is 0 Å². The predicted molar refractivity (Wildman–Crippen MR) is 82.4 cm³/mol. The molecule has 2 aromatic heterocycles. The maximum absolute atomic E-state index is 12.2. The second-order valence-electron chi connectivity index (χ2n) is 4.64. The lowest BCUT2D eigenvalue weighted by atomic mass is 10.2. The van der Waals surface area contributed by atoms with Gasteiger partial charge in [-0.15, -0.1) is 0 Å². The van der Waals surface area contributed by atoms with Crippen molar-refractivity contribution < 1.29 is 18.3 Å². The van der Waals surface area contributed by atoms with E-state index < -0.39 is 6.61 Å². The number of hydrogen-bond donors (Lipinski definition) is 1. The minimum Gasteiger partial charge on any atom is -0.481 e. The first-order valence-corrected chi connectivity index (χ1v) is 6.77. The molecular weight excluding hydrogens is 304 g/mol. The van der Waals surface area contributed by atoms with Gasteiger partial charge in [-0.2, -0.15) is 8.78 Å². The summed E-state index contributed by atoms with van der Waals surface area (Å²) in [6, 6.07) is 11.7. The van der Waals surface area contributed by atoms with Crippen molar-refractivity contribution in [3.8, 4) is 11.6 Å². The van der Waals surface area contributed by atoms with E-state index in [2.05, 4.69) is 20.0 Å². The van der Waals surface area contributed by atoms with Crippen LogP contribution in [0.4, 0.5) is 20.3 Å². The number of nitrogens with one attached hydrogen (secondary N) is 1. The molecule has 3 aromatic rings. The standard InChI is InChI=1S/C16H13F2N3O2/c1-22-15-7-3-11(9-19-15)20-14-6-2-10-8-12(23-16(17)18)4-5-13(10)21-14/h2-9,16H,1H3,(H,20,21). The summed E-state index contributed by atoms with van der Waals surface area (Å²) in [6.07, 6.45) is 1.63. The smallest absolute Gasteiger partial charge is 0.387 e. The molecule has 5 nitrogen and oxygen atoms in total. The van der Waals surface area contributed by atoms with E-state index in [1.54, 1.807) is 37.6 Å². The summed E-state index contributed by atoms with van der Waals surface area (Å²) in [4.78, 5) is 8.51. The summed E-state index contributed by atoms with van der Waals surface area (Å²) in [6.45, 7) is -2.84. The SMILES string of the molecule is COc1ccc(Nc2ccc3cc(OC(F)F)ccc3n2)cn1. The number of aromatic nitrogens is 2. The van der Waals surface area contributed by atoms with Gasteiger partial charge >= 0.3 is 6.61 Å². The Morgan fingerprint density at radius 2 is 1.96 bits per heavy atom. The van der Waals surface area contributed by atoms with E-state index in [0.29, 0.717) is 22.6 Å². The average Bonchev–Trinajstić information content (AvgIpc) is 2.55. The molecule has 0 atom stereocenters. The summed E-state index contributed by atoms with van der Waals surface area (Å²) in [5.41, 5.74) is 1.42. The number of nitrogens with zero attached hydrogens (tertiary/aromatic N) is 2. The lowest BCUT2D eigenvalue weighted by Gasteiger charge is -2.08. The molecule has 0 saturated carbocycles. The summed E-state index contributed by atoms with van der Waals surface area (Å²) < 4.78 is 33.8. The van der Waals surface area contributed by atoms with E-state index in [-0.39, 0.29) is 5.75 Å². The molecule has 1 N–H and O–H groups in total. The van der Waals surface area contributed by atoms with Crippen molar-refractivity contribution in [1.82, 2.24) is 9.97 Å². The number of benzene rings is 1. The van der Waals surface area contributed by atoms with Gasteiger partial charge in [0.1, 0.15) is 11.6 Å². The zero-order valence-corrected chi connectivity index (χ0v) is 12.2. The fourth-order valence-corrected chi connectivity index (χ4v) is 2.07. The van der Waals surface area contributed by atoms with Gasteiger partial charge in [-0.25, -0.2) is 9.97 Å². The number of anilines is 2. The van der Waals surface area contributed by atoms with Gasteiger partial charge in [0.15, 0.2) is 0 Å². The van der Waals surface area contributed by atoms with Crippen molar-refractivity contribution in [2.75, 3.05) is 12.4 Å². The highest BCUT2D eigenvalue weighted by atomic mass is 19.3. The van der Waals surface area contributed by atoms with Crippen LogP contribution in [0.1, 0.15) is 0 Å². The molecule has 0 saturated heterocycles. The lowest BCUT2D eigenvalue weighted by molar-refractivity contribution is -0.0497. The minimum atomic E-state index is -2.84.